The number of hydrogen-bond donors (Lipinski definition) is 2. The number of rotatable bonds is 10. The second-order valence-corrected chi connectivity index (χ2v) is 9.29. The summed E-state index contributed by atoms with van der Waals surface area (Å²) in [5, 5.41) is 25.8. The summed E-state index contributed by atoms with van der Waals surface area (Å²) in [7, 11) is 0. The minimum atomic E-state index is -1.28. The van der Waals surface area contributed by atoms with Crippen LogP contribution in [0.15, 0.2) is 53.7 Å². The van der Waals surface area contributed by atoms with E-state index in [0.717, 1.165) is 5.56 Å². The van der Waals surface area contributed by atoms with Crippen LogP contribution in [-0.4, -0.2) is 38.3 Å². The lowest BCUT2D eigenvalue weighted by molar-refractivity contribution is -0.255. The zero-order valence-corrected chi connectivity index (χ0v) is 20.9. The van der Waals surface area contributed by atoms with E-state index < -0.39 is 5.97 Å². The molecule has 0 aliphatic rings. The van der Waals surface area contributed by atoms with Gasteiger partial charge in [0.1, 0.15) is 0 Å². The van der Waals surface area contributed by atoms with Gasteiger partial charge in [-0.15, -0.1) is 10.2 Å². The third-order valence-electron chi connectivity index (χ3n) is 5.31. The Hall–Kier alpha value is -3.66. The number of aromatic carboxylic acids is 1. The van der Waals surface area contributed by atoms with E-state index in [0.29, 0.717) is 28.8 Å². The molecule has 0 spiro atoms. The van der Waals surface area contributed by atoms with Crippen molar-refractivity contribution in [1.29, 1.82) is 0 Å². The summed E-state index contributed by atoms with van der Waals surface area (Å²) in [6, 6.07) is 12.8. The monoisotopic (exact) mass is 494 g/mol. The van der Waals surface area contributed by atoms with Crippen LogP contribution in [0, 0.1) is 12.8 Å². The largest absolute Gasteiger partial charge is 0.545 e. The molecule has 0 saturated carbocycles. The highest BCUT2D eigenvalue weighted by molar-refractivity contribution is 7.99. The molecule has 0 unspecified atom stereocenters. The average Bonchev–Trinajstić information content (AvgIpc) is 3.23. The van der Waals surface area contributed by atoms with Gasteiger partial charge >= 0.3 is 0 Å². The summed E-state index contributed by atoms with van der Waals surface area (Å²) in [5.41, 5.74) is 2.10. The SMILES string of the molecule is CCn1c(SCC(=O)Nc2ccc(C(=O)[O-])cc2)nnc1[C@@H](NC(=O)c1cccc(C)c1)C(C)C. The number of anilines is 1. The van der Waals surface area contributed by atoms with Gasteiger partial charge in [-0.1, -0.05) is 55.4 Å². The topological polar surface area (TPSA) is 129 Å². The van der Waals surface area contributed by atoms with Crippen molar-refractivity contribution < 1.29 is 19.5 Å². The van der Waals surface area contributed by atoms with Crippen LogP contribution in [0.2, 0.25) is 0 Å². The van der Waals surface area contributed by atoms with E-state index in [1.807, 2.05) is 50.5 Å². The van der Waals surface area contributed by atoms with Gasteiger partial charge in [0.2, 0.25) is 5.91 Å². The van der Waals surface area contributed by atoms with Crippen LogP contribution in [0.1, 0.15) is 58.9 Å². The van der Waals surface area contributed by atoms with Crippen molar-refractivity contribution in [3.8, 4) is 0 Å². The minimum absolute atomic E-state index is 0.0372. The normalized spacial score (nSPS) is 11.8. The number of carbonyl (C=O) groups excluding carboxylic acids is 3. The number of nitrogens with zero attached hydrogens (tertiary/aromatic N) is 3. The van der Waals surface area contributed by atoms with Gasteiger partial charge in [-0.05, 0) is 49.6 Å². The highest BCUT2D eigenvalue weighted by atomic mass is 32.2. The number of aromatic nitrogens is 3. The molecule has 2 amide bonds. The molecule has 1 heterocycles. The third-order valence-corrected chi connectivity index (χ3v) is 6.28. The molecule has 35 heavy (non-hydrogen) atoms. The molecule has 0 fully saturated rings. The summed E-state index contributed by atoms with van der Waals surface area (Å²) >= 11 is 1.23. The number of carboxylic acid groups (broad SMARTS) is 1. The van der Waals surface area contributed by atoms with Crippen LogP contribution in [0.5, 0.6) is 0 Å². The number of amides is 2. The van der Waals surface area contributed by atoms with Gasteiger partial charge in [-0.3, -0.25) is 9.59 Å². The molecule has 9 nitrogen and oxygen atoms in total. The molecule has 2 aromatic carbocycles. The summed E-state index contributed by atoms with van der Waals surface area (Å²) in [6.07, 6.45) is 0. The fraction of sp³-hybridized carbons (Fsp3) is 0.320. The molecule has 0 aliphatic carbocycles. The zero-order valence-electron chi connectivity index (χ0n) is 20.1. The predicted molar refractivity (Wildman–Crippen MR) is 132 cm³/mol. The predicted octanol–water partition coefficient (Wildman–Crippen LogP) is 2.83. The first-order valence-electron chi connectivity index (χ1n) is 11.2. The van der Waals surface area contributed by atoms with Crippen LogP contribution in [-0.2, 0) is 11.3 Å². The Balaban J connectivity index is 1.68. The first-order valence-corrected chi connectivity index (χ1v) is 12.2. The summed E-state index contributed by atoms with van der Waals surface area (Å²) in [6.45, 7) is 8.46. The molecule has 3 aromatic rings. The second-order valence-electron chi connectivity index (χ2n) is 8.35. The molecule has 1 aromatic heterocycles. The molecule has 0 bridgehead atoms. The van der Waals surface area contributed by atoms with E-state index in [2.05, 4.69) is 20.8 Å². The summed E-state index contributed by atoms with van der Waals surface area (Å²) < 4.78 is 1.90. The van der Waals surface area contributed by atoms with Crippen molar-refractivity contribution in [3.05, 3.63) is 71.0 Å². The summed E-state index contributed by atoms with van der Waals surface area (Å²) in [4.78, 5) is 36.1. The Kier molecular flexibility index (Phi) is 8.64. The molecule has 0 aliphatic heterocycles. The molecule has 10 heteroatoms. The van der Waals surface area contributed by atoms with Gasteiger partial charge in [-0.2, -0.15) is 0 Å². The lowest BCUT2D eigenvalue weighted by Gasteiger charge is -2.22. The maximum Gasteiger partial charge on any atom is 0.251 e. The Labute approximate surface area is 208 Å². The number of hydrogen-bond acceptors (Lipinski definition) is 7. The van der Waals surface area contributed by atoms with Gasteiger partial charge in [0.25, 0.3) is 5.91 Å². The third kappa shape index (κ3) is 6.69. The lowest BCUT2D eigenvalue weighted by atomic mass is 10.0. The van der Waals surface area contributed by atoms with E-state index in [-0.39, 0.29) is 35.1 Å². The molecular weight excluding hydrogens is 466 g/mol. The van der Waals surface area contributed by atoms with Crippen LogP contribution in [0.25, 0.3) is 0 Å². The van der Waals surface area contributed by atoms with Crippen LogP contribution in [0.4, 0.5) is 5.69 Å². The lowest BCUT2D eigenvalue weighted by Crippen LogP contribution is -2.33. The Morgan fingerprint density at radius 3 is 2.37 bits per heavy atom. The van der Waals surface area contributed by atoms with Gasteiger partial charge in [-0.25, -0.2) is 0 Å². The maximum absolute atomic E-state index is 12.9. The van der Waals surface area contributed by atoms with Crippen LogP contribution in [0.3, 0.4) is 0 Å². The number of carbonyl (C=O) groups is 3. The number of aryl methyl sites for hydroxylation is 1. The van der Waals surface area contributed by atoms with Crippen molar-refractivity contribution in [1.82, 2.24) is 20.1 Å². The molecule has 184 valence electrons. The Morgan fingerprint density at radius 2 is 1.77 bits per heavy atom. The van der Waals surface area contributed by atoms with E-state index in [1.54, 1.807) is 6.07 Å². The summed E-state index contributed by atoms with van der Waals surface area (Å²) in [5.74, 6) is -0.953. The molecule has 2 N–H and O–H groups in total. The Morgan fingerprint density at radius 1 is 1.06 bits per heavy atom. The number of thioether (sulfide) groups is 1. The zero-order chi connectivity index (χ0) is 25.5. The number of benzene rings is 2. The second kappa shape index (κ2) is 11.7. The molecule has 0 radical (unpaired) electrons. The van der Waals surface area contributed by atoms with Gasteiger partial charge in [0.15, 0.2) is 11.0 Å². The first kappa shape index (κ1) is 26.0. The average molecular weight is 495 g/mol. The van der Waals surface area contributed by atoms with Crippen molar-refractivity contribution in [2.75, 3.05) is 11.1 Å². The first-order chi connectivity index (χ1) is 16.7. The smallest absolute Gasteiger partial charge is 0.251 e. The van der Waals surface area contributed by atoms with Crippen molar-refractivity contribution in [2.45, 2.75) is 45.4 Å². The van der Waals surface area contributed by atoms with Crippen LogP contribution >= 0.6 is 11.8 Å². The van der Waals surface area contributed by atoms with Gasteiger partial charge in [0, 0.05) is 17.8 Å². The van der Waals surface area contributed by atoms with Crippen LogP contribution < -0.4 is 15.7 Å². The van der Waals surface area contributed by atoms with Crippen molar-refractivity contribution >= 4 is 35.2 Å². The van der Waals surface area contributed by atoms with Crippen molar-refractivity contribution in [2.24, 2.45) is 5.92 Å². The minimum Gasteiger partial charge on any atom is -0.545 e. The molecule has 0 saturated heterocycles. The fourth-order valence-corrected chi connectivity index (χ4v) is 4.30. The number of nitrogens with one attached hydrogen (secondary N) is 2. The molecule has 3 rings (SSSR count). The van der Waals surface area contributed by atoms with Gasteiger partial charge < -0.3 is 25.1 Å². The maximum atomic E-state index is 12.9. The quantitative estimate of drug-likeness (QED) is 0.415. The van der Waals surface area contributed by atoms with E-state index >= 15 is 0 Å². The van der Waals surface area contributed by atoms with E-state index in [4.69, 9.17) is 0 Å². The Bertz CT molecular complexity index is 1210. The number of carboxylic acids is 1. The van der Waals surface area contributed by atoms with Crippen molar-refractivity contribution in [3.63, 3.8) is 0 Å². The fourth-order valence-electron chi connectivity index (χ4n) is 3.49. The highest BCUT2D eigenvalue weighted by Gasteiger charge is 2.26. The van der Waals surface area contributed by atoms with E-state index in [9.17, 15) is 19.5 Å². The standard InChI is InChI=1S/C25H29N5O4S/c1-5-30-22(21(15(2)3)27-23(32)18-8-6-7-16(4)13-18)28-29-25(30)35-14-20(31)26-19-11-9-17(10-12-19)24(33)34/h6-13,15,21H,5,14H2,1-4H3,(H,26,31)(H,27,32)(H,33,34)/p-1/t21-/m0/s1. The molecule has 1 atom stereocenters. The highest BCUT2D eigenvalue weighted by Crippen LogP contribution is 2.26. The van der Waals surface area contributed by atoms with E-state index in [1.165, 1.54) is 36.0 Å². The van der Waals surface area contributed by atoms with Gasteiger partial charge in [0.05, 0.1) is 17.8 Å². The molecular formula is C25H28N5O4S-.